The van der Waals surface area contributed by atoms with Crippen LogP contribution in [0, 0.1) is 6.92 Å². The van der Waals surface area contributed by atoms with Gasteiger partial charge in [-0.2, -0.15) is 0 Å². The van der Waals surface area contributed by atoms with Crippen LogP contribution in [0.3, 0.4) is 0 Å². The molecule has 1 aromatic carbocycles. The summed E-state index contributed by atoms with van der Waals surface area (Å²) in [5.74, 6) is -0.217. The van der Waals surface area contributed by atoms with E-state index in [0.29, 0.717) is 40.6 Å². The molecule has 0 radical (unpaired) electrons. The van der Waals surface area contributed by atoms with Gasteiger partial charge in [0.25, 0.3) is 5.91 Å². The summed E-state index contributed by atoms with van der Waals surface area (Å²) in [4.78, 5) is 23.4. The number of ether oxygens (including phenoxy) is 1. The van der Waals surface area contributed by atoms with E-state index in [1.165, 1.54) is 7.11 Å². The van der Waals surface area contributed by atoms with Gasteiger partial charge in [-0.25, -0.2) is 0 Å². The SMILES string of the molecule is COC(=O)CCCNC(=O)c1c(-c2ccccc2Cl)noc1C. The standard InChI is InChI=1S/C16H17ClN2O4/c1-10-14(16(21)18-9-5-8-13(20)22-2)15(19-23-10)11-6-3-4-7-12(11)17/h3-4,6-7H,5,8-9H2,1-2H3,(H,18,21). The molecule has 0 aliphatic rings. The summed E-state index contributed by atoms with van der Waals surface area (Å²) in [6, 6.07) is 7.10. The van der Waals surface area contributed by atoms with Crippen molar-refractivity contribution >= 4 is 23.5 Å². The van der Waals surface area contributed by atoms with Crippen molar-refractivity contribution in [3.05, 3.63) is 40.6 Å². The average Bonchev–Trinajstić information content (AvgIpc) is 2.93. The van der Waals surface area contributed by atoms with E-state index in [0.717, 1.165) is 0 Å². The molecule has 122 valence electrons. The van der Waals surface area contributed by atoms with Crippen LogP contribution in [0.5, 0.6) is 0 Å². The van der Waals surface area contributed by atoms with E-state index in [2.05, 4.69) is 15.2 Å². The van der Waals surface area contributed by atoms with E-state index in [1.807, 2.05) is 6.07 Å². The Hall–Kier alpha value is -2.34. The van der Waals surface area contributed by atoms with Crippen molar-refractivity contribution in [2.45, 2.75) is 19.8 Å². The molecule has 0 fully saturated rings. The lowest BCUT2D eigenvalue weighted by Crippen LogP contribution is -2.25. The highest BCUT2D eigenvalue weighted by Crippen LogP contribution is 2.30. The second kappa shape index (κ2) is 7.78. The summed E-state index contributed by atoms with van der Waals surface area (Å²) in [5.41, 5.74) is 1.38. The van der Waals surface area contributed by atoms with E-state index in [9.17, 15) is 9.59 Å². The van der Waals surface area contributed by atoms with Gasteiger partial charge in [-0.15, -0.1) is 0 Å². The molecule has 1 aromatic heterocycles. The molecular weight excluding hydrogens is 320 g/mol. The van der Waals surface area contributed by atoms with Gasteiger partial charge in [0.1, 0.15) is 17.0 Å². The Balaban J connectivity index is 2.11. The molecule has 1 amide bonds. The molecule has 1 N–H and O–H groups in total. The lowest BCUT2D eigenvalue weighted by molar-refractivity contribution is -0.140. The van der Waals surface area contributed by atoms with E-state index in [1.54, 1.807) is 25.1 Å². The Kier molecular flexibility index (Phi) is 5.76. The van der Waals surface area contributed by atoms with Crippen LogP contribution >= 0.6 is 11.6 Å². The van der Waals surface area contributed by atoms with Crippen LogP contribution in [0.2, 0.25) is 5.02 Å². The van der Waals surface area contributed by atoms with Crippen LogP contribution in [0.25, 0.3) is 11.3 Å². The van der Waals surface area contributed by atoms with Crippen molar-refractivity contribution in [2.75, 3.05) is 13.7 Å². The molecule has 0 spiro atoms. The lowest BCUT2D eigenvalue weighted by Gasteiger charge is -2.06. The monoisotopic (exact) mass is 336 g/mol. The molecule has 6 nitrogen and oxygen atoms in total. The fourth-order valence-corrected chi connectivity index (χ4v) is 2.33. The number of halogens is 1. The van der Waals surface area contributed by atoms with Gasteiger partial charge in [-0.05, 0) is 19.4 Å². The second-order valence-corrected chi connectivity index (χ2v) is 5.29. The number of esters is 1. The molecule has 2 aromatic rings. The van der Waals surface area contributed by atoms with E-state index >= 15 is 0 Å². The fraction of sp³-hybridized carbons (Fsp3) is 0.312. The van der Waals surface area contributed by atoms with Crippen LogP contribution < -0.4 is 5.32 Å². The van der Waals surface area contributed by atoms with E-state index in [4.69, 9.17) is 16.1 Å². The Labute approximate surface area is 138 Å². The zero-order valence-electron chi connectivity index (χ0n) is 12.9. The summed E-state index contributed by atoms with van der Waals surface area (Å²) in [7, 11) is 1.33. The van der Waals surface area contributed by atoms with Crippen LogP contribution in [0.4, 0.5) is 0 Å². The zero-order valence-corrected chi connectivity index (χ0v) is 13.6. The number of nitrogens with zero attached hydrogens (tertiary/aromatic N) is 1. The Morgan fingerprint density at radius 2 is 2.09 bits per heavy atom. The first-order chi connectivity index (χ1) is 11.0. The molecule has 1 heterocycles. The predicted octanol–water partition coefficient (Wildman–Crippen LogP) is 2.99. The number of carbonyl (C=O) groups excluding carboxylic acids is 2. The number of hydrogen-bond acceptors (Lipinski definition) is 5. The first-order valence-electron chi connectivity index (χ1n) is 7.10. The van der Waals surface area contributed by atoms with Gasteiger partial charge < -0.3 is 14.6 Å². The van der Waals surface area contributed by atoms with E-state index in [-0.39, 0.29) is 18.3 Å². The molecule has 0 unspecified atom stereocenters. The molecule has 0 saturated heterocycles. The minimum absolute atomic E-state index is 0.247. The van der Waals surface area contributed by atoms with E-state index < -0.39 is 0 Å². The van der Waals surface area contributed by atoms with Gasteiger partial charge >= 0.3 is 5.97 Å². The van der Waals surface area contributed by atoms with Gasteiger partial charge in [-0.3, -0.25) is 9.59 Å². The van der Waals surface area contributed by atoms with Crippen LogP contribution in [-0.2, 0) is 9.53 Å². The summed E-state index contributed by atoms with van der Waals surface area (Å²) < 4.78 is 9.69. The first-order valence-corrected chi connectivity index (χ1v) is 7.48. The molecule has 7 heteroatoms. The van der Waals surface area contributed by atoms with Crippen molar-refractivity contribution in [1.82, 2.24) is 10.5 Å². The summed E-state index contributed by atoms with van der Waals surface area (Å²) in [6.07, 6.45) is 0.737. The van der Waals surface area contributed by atoms with Crippen molar-refractivity contribution in [3.63, 3.8) is 0 Å². The Morgan fingerprint density at radius 3 is 2.78 bits per heavy atom. The maximum atomic E-state index is 12.4. The number of amides is 1. The molecule has 0 atom stereocenters. The summed E-state index contributed by atoms with van der Waals surface area (Å²) >= 11 is 6.16. The van der Waals surface area contributed by atoms with Gasteiger partial charge in [0.15, 0.2) is 0 Å². The first kappa shape index (κ1) is 17.0. The number of aromatic nitrogens is 1. The van der Waals surface area contributed by atoms with Crippen LogP contribution in [0.15, 0.2) is 28.8 Å². The van der Waals surface area contributed by atoms with Crippen molar-refractivity contribution in [2.24, 2.45) is 0 Å². The molecule has 0 saturated carbocycles. The van der Waals surface area contributed by atoms with Crippen molar-refractivity contribution in [1.29, 1.82) is 0 Å². The quantitative estimate of drug-likeness (QED) is 0.647. The number of nitrogens with one attached hydrogen (secondary N) is 1. The molecule has 23 heavy (non-hydrogen) atoms. The Bertz CT molecular complexity index is 712. The fourth-order valence-electron chi connectivity index (χ4n) is 2.10. The highest BCUT2D eigenvalue weighted by Gasteiger charge is 2.22. The molecule has 0 bridgehead atoms. The topological polar surface area (TPSA) is 81.4 Å². The largest absolute Gasteiger partial charge is 0.469 e. The molecule has 0 aliphatic carbocycles. The highest BCUT2D eigenvalue weighted by atomic mass is 35.5. The van der Waals surface area contributed by atoms with Crippen LogP contribution in [-0.4, -0.2) is 30.7 Å². The Morgan fingerprint density at radius 1 is 1.35 bits per heavy atom. The van der Waals surface area contributed by atoms with Gasteiger partial charge in [0, 0.05) is 18.5 Å². The minimum Gasteiger partial charge on any atom is -0.469 e. The molecule has 2 rings (SSSR count). The number of methoxy groups -OCH3 is 1. The number of rotatable bonds is 6. The average molecular weight is 337 g/mol. The highest BCUT2D eigenvalue weighted by molar-refractivity contribution is 6.33. The lowest BCUT2D eigenvalue weighted by atomic mass is 10.1. The van der Waals surface area contributed by atoms with Crippen molar-refractivity contribution in [3.8, 4) is 11.3 Å². The number of carbonyl (C=O) groups is 2. The number of hydrogen-bond donors (Lipinski definition) is 1. The normalized spacial score (nSPS) is 10.4. The smallest absolute Gasteiger partial charge is 0.305 e. The summed E-state index contributed by atoms with van der Waals surface area (Å²) in [6.45, 7) is 2.01. The third-order valence-corrected chi connectivity index (χ3v) is 3.62. The third kappa shape index (κ3) is 4.10. The van der Waals surface area contributed by atoms with Gasteiger partial charge in [0.05, 0.1) is 12.1 Å². The van der Waals surface area contributed by atoms with Crippen molar-refractivity contribution < 1.29 is 18.8 Å². The molecular formula is C16H17ClN2O4. The maximum Gasteiger partial charge on any atom is 0.305 e. The maximum absolute atomic E-state index is 12.4. The number of aryl methyl sites for hydroxylation is 1. The summed E-state index contributed by atoms with van der Waals surface area (Å²) in [5, 5.41) is 7.18. The van der Waals surface area contributed by atoms with Gasteiger partial charge in [-0.1, -0.05) is 35.0 Å². The predicted molar refractivity (Wildman–Crippen MR) is 85.3 cm³/mol. The third-order valence-electron chi connectivity index (χ3n) is 3.29. The minimum atomic E-state index is -0.316. The number of benzene rings is 1. The molecule has 0 aliphatic heterocycles. The van der Waals surface area contributed by atoms with Gasteiger partial charge in [0.2, 0.25) is 0 Å². The second-order valence-electron chi connectivity index (χ2n) is 4.88. The zero-order chi connectivity index (χ0) is 16.8. The van der Waals surface area contributed by atoms with Crippen LogP contribution in [0.1, 0.15) is 29.0 Å².